The lowest BCUT2D eigenvalue weighted by atomic mass is 10.3. The zero-order valence-corrected chi connectivity index (χ0v) is 8.38. The molecular formula is C11H19NO. The Morgan fingerprint density at radius 3 is 3.15 bits per heavy atom. The van der Waals surface area contributed by atoms with Gasteiger partial charge in [-0.25, -0.2) is 0 Å². The minimum atomic E-state index is 0.855. The Kier molecular flexibility index (Phi) is 5.34. The maximum absolute atomic E-state index is 5.33. The molecule has 0 spiro atoms. The van der Waals surface area contributed by atoms with Crippen molar-refractivity contribution < 1.29 is 4.74 Å². The van der Waals surface area contributed by atoms with Crippen LogP contribution in [0.25, 0.3) is 0 Å². The van der Waals surface area contributed by atoms with Crippen LogP contribution in [0.15, 0.2) is 24.0 Å². The summed E-state index contributed by atoms with van der Waals surface area (Å²) in [4.78, 5) is 0. The van der Waals surface area contributed by atoms with Gasteiger partial charge in [-0.05, 0) is 38.1 Å². The number of rotatable bonds is 6. The van der Waals surface area contributed by atoms with E-state index in [9.17, 15) is 0 Å². The Labute approximate surface area is 80.7 Å². The van der Waals surface area contributed by atoms with Gasteiger partial charge < -0.3 is 10.1 Å². The zero-order chi connectivity index (χ0) is 9.36. The highest BCUT2D eigenvalue weighted by Gasteiger charge is 1.99. The first-order valence-electron chi connectivity index (χ1n) is 5.13. The van der Waals surface area contributed by atoms with Gasteiger partial charge in [0.05, 0.1) is 6.61 Å². The van der Waals surface area contributed by atoms with E-state index in [1.54, 1.807) is 0 Å². The van der Waals surface area contributed by atoms with E-state index in [-0.39, 0.29) is 0 Å². The smallest absolute Gasteiger partial charge is 0.115 e. The second-order valence-corrected chi connectivity index (χ2v) is 3.18. The van der Waals surface area contributed by atoms with E-state index in [0.29, 0.717) is 0 Å². The molecule has 0 aliphatic carbocycles. The van der Waals surface area contributed by atoms with E-state index in [1.165, 1.54) is 6.42 Å². The molecule has 0 aromatic heterocycles. The van der Waals surface area contributed by atoms with Gasteiger partial charge in [0, 0.05) is 6.42 Å². The fraction of sp³-hybridized carbons (Fsp3) is 0.636. The number of hydrogen-bond acceptors (Lipinski definition) is 2. The van der Waals surface area contributed by atoms with E-state index in [2.05, 4.69) is 30.5 Å². The number of nitrogens with one attached hydrogen (secondary N) is 1. The van der Waals surface area contributed by atoms with Crippen LogP contribution in [0, 0.1) is 0 Å². The molecule has 0 aromatic carbocycles. The molecule has 74 valence electrons. The van der Waals surface area contributed by atoms with Crippen molar-refractivity contribution in [2.24, 2.45) is 0 Å². The van der Waals surface area contributed by atoms with Crippen molar-refractivity contribution in [3.63, 3.8) is 0 Å². The van der Waals surface area contributed by atoms with E-state index in [0.717, 1.165) is 38.3 Å². The second-order valence-electron chi connectivity index (χ2n) is 3.18. The van der Waals surface area contributed by atoms with Gasteiger partial charge >= 0.3 is 0 Å². The largest absolute Gasteiger partial charge is 0.494 e. The predicted molar refractivity (Wildman–Crippen MR) is 55.6 cm³/mol. The van der Waals surface area contributed by atoms with Crippen LogP contribution < -0.4 is 5.32 Å². The summed E-state index contributed by atoms with van der Waals surface area (Å²) in [5.74, 6) is 1.04. The second kappa shape index (κ2) is 6.72. The van der Waals surface area contributed by atoms with Crippen LogP contribution in [0.5, 0.6) is 0 Å². The molecule has 1 N–H and O–H groups in total. The van der Waals surface area contributed by atoms with Gasteiger partial charge in [0.1, 0.15) is 5.76 Å². The summed E-state index contributed by atoms with van der Waals surface area (Å²) in [5.41, 5.74) is 0. The molecule has 0 radical (unpaired) electrons. The third-order valence-corrected chi connectivity index (χ3v) is 1.93. The molecule has 2 nitrogen and oxygen atoms in total. The molecule has 0 aromatic rings. The molecule has 1 aliphatic heterocycles. The van der Waals surface area contributed by atoms with Crippen LogP contribution in [0.4, 0.5) is 0 Å². The van der Waals surface area contributed by atoms with Crippen LogP contribution >= 0.6 is 0 Å². The Balaban J connectivity index is 1.98. The molecule has 0 fully saturated rings. The first kappa shape index (κ1) is 10.3. The van der Waals surface area contributed by atoms with Crippen molar-refractivity contribution in [1.29, 1.82) is 0 Å². The average Bonchev–Trinajstić information content (AvgIpc) is 2.63. The van der Waals surface area contributed by atoms with Crippen molar-refractivity contribution in [2.75, 3.05) is 19.7 Å². The third kappa shape index (κ3) is 4.73. The first-order chi connectivity index (χ1) is 6.43. The molecule has 0 saturated carbocycles. The molecule has 13 heavy (non-hydrogen) atoms. The van der Waals surface area contributed by atoms with Crippen LogP contribution in [0.1, 0.15) is 26.2 Å². The topological polar surface area (TPSA) is 21.3 Å². The quantitative estimate of drug-likeness (QED) is 0.634. The van der Waals surface area contributed by atoms with Gasteiger partial charge in [0.2, 0.25) is 0 Å². The van der Waals surface area contributed by atoms with Crippen molar-refractivity contribution >= 4 is 0 Å². The van der Waals surface area contributed by atoms with Gasteiger partial charge in [-0.2, -0.15) is 0 Å². The molecular weight excluding hydrogens is 162 g/mol. The normalized spacial score (nSPS) is 16.2. The lowest BCUT2D eigenvalue weighted by Gasteiger charge is -1.98. The van der Waals surface area contributed by atoms with E-state index < -0.39 is 0 Å². The lowest BCUT2D eigenvalue weighted by Crippen LogP contribution is -2.14. The van der Waals surface area contributed by atoms with Gasteiger partial charge in [-0.15, -0.1) is 0 Å². The van der Waals surface area contributed by atoms with Gasteiger partial charge in [0.15, 0.2) is 0 Å². The molecule has 0 saturated heterocycles. The summed E-state index contributed by atoms with van der Waals surface area (Å²) in [6.45, 7) is 5.22. The number of hydrogen-bond donors (Lipinski definition) is 1. The Morgan fingerprint density at radius 2 is 2.46 bits per heavy atom. The molecule has 1 heterocycles. The molecule has 1 aliphatic rings. The maximum atomic E-state index is 5.33. The maximum Gasteiger partial charge on any atom is 0.115 e. The van der Waals surface area contributed by atoms with Crippen LogP contribution in [-0.4, -0.2) is 19.7 Å². The third-order valence-electron chi connectivity index (χ3n) is 1.93. The Bertz CT molecular complexity index is 185. The summed E-state index contributed by atoms with van der Waals surface area (Å²) in [6, 6.07) is 0. The lowest BCUT2D eigenvalue weighted by molar-refractivity contribution is 0.257. The number of allylic oxidation sites excluding steroid dienone is 1. The van der Waals surface area contributed by atoms with Crippen LogP contribution in [0.3, 0.4) is 0 Å². The molecule has 0 bridgehead atoms. The molecule has 2 heteroatoms. The average molecular weight is 181 g/mol. The summed E-state index contributed by atoms with van der Waals surface area (Å²) < 4.78 is 5.33. The van der Waals surface area contributed by atoms with E-state index in [4.69, 9.17) is 4.74 Å². The summed E-state index contributed by atoms with van der Waals surface area (Å²) in [5, 5.41) is 3.35. The predicted octanol–water partition coefficient (Wildman–Crippen LogP) is 2.24. The van der Waals surface area contributed by atoms with Crippen LogP contribution in [0.2, 0.25) is 0 Å². The van der Waals surface area contributed by atoms with Crippen molar-refractivity contribution in [3.05, 3.63) is 24.0 Å². The van der Waals surface area contributed by atoms with E-state index >= 15 is 0 Å². The summed E-state index contributed by atoms with van der Waals surface area (Å²) >= 11 is 0. The molecule has 0 amide bonds. The molecule has 1 rings (SSSR count). The van der Waals surface area contributed by atoms with Crippen molar-refractivity contribution in [3.8, 4) is 0 Å². The van der Waals surface area contributed by atoms with E-state index in [1.807, 2.05) is 0 Å². The Hall–Kier alpha value is -0.760. The van der Waals surface area contributed by atoms with Gasteiger partial charge in [0.25, 0.3) is 0 Å². The number of ether oxygens (including phenoxy) is 1. The zero-order valence-electron chi connectivity index (χ0n) is 8.38. The highest BCUT2D eigenvalue weighted by Crippen LogP contribution is 2.09. The fourth-order valence-electron chi connectivity index (χ4n) is 1.24. The summed E-state index contributed by atoms with van der Waals surface area (Å²) in [6.07, 6.45) is 9.73. The van der Waals surface area contributed by atoms with Gasteiger partial charge in [-0.3, -0.25) is 0 Å². The van der Waals surface area contributed by atoms with Crippen molar-refractivity contribution in [2.45, 2.75) is 26.2 Å². The fourth-order valence-corrected chi connectivity index (χ4v) is 1.24. The molecule has 0 atom stereocenters. The van der Waals surface area contributed by atoms with Crippen LogP contribution in [-0.2, 0) is 4.74 Å². The SMILES string of the molecule is CCCNCC/C=C/C1=CCCO1. The summed E-state index contributed by atoms with van der Waals surface area (Å²) in [7, 11) is 0. The highest BCUT2D eigenvalue weighted by atomic mass is 16.5. The van der Waals surface area contributed by atoms with Gasteiger partial charge in [-0.1, -0.05) is 13.0 Å². The minimum absolute atomic E-state index is 0.855. The highest BCUT2D eigenvalue weighted by molar-refractivity contribution is 5.14. The molecule has 0 unspecified atom stereocenters. The monoisotopic (exact) mass is 181 g/mol. The van der Waals surface area contributed by atoms with Crippen molar-refractivity contribution in [1.82, 2.24) is 5.32 Å². The standard InChI is InChI=1S/C11H19NO/c1-2-8-12-9-4-3-6-11-7-5-10-13-11/h3,6-7,12H,2,4-5,8-10H2,1H3/b6-3+. The Morgan fingerprint density at radius 1 is 1.54 bits per heavy atom. The minimum Gasteiger partial charge on any atom is -0.494 e. The first-order valence-corrected chi connectivity index (χ1v) is 5.13.